The van der Waals surface area contributed by atoms with Crippen LogP contribution in [0.25, 0.3) is 0 Å². The first kappa shape index (κ1) is 19.9. The number of nitrogens with one attached hydrogen (secondary N) is 1. The van der Waals surface area contributed by atoms with Gasteiger partial charge in [-0.1, -0.05) is 38.2 Å². The van der Waals surface area contributed by atoms with E-state index in [9.17, 15) is 9.59 Å². The van der Waals surface area contributed by atoms with E-state index in [2.05, 4.69) is 12.2 Å². The Kier molecular flexibility index (Phi) is 6.92. The van der Waals surface area contributed by atoms with Crippen molar-refractivity contribution in [2.45, 2.75) is 77.7 Å². The Morgan fingerprint density at radius 1 is 1.00 bits per heavy atom. The van der Waals surface area contributed by atoms with Gasteiger partial charge in [0, 0.05) is 31.1 Å². The van der Waals surface area contributed by atoms with Gasteiger partial charge in [-0.15, -0.1) is 0 Å². The van der Waals surface area contributed by atoms with Crippen LogP contribution in [0.4, 0.5) is 0 Å². The molecule has 1 aromatic rings. The van der Waals surface area contributed by atoms with E-state index in [4.69, 9.17) is 0 Å². The first-order chi connectivity index (χ1) is 13.0. The van der Waals surface area contributed by atoms with E-state index >= 15 is 0 Å². The van der Waals surface area contributed by atoms with Gasteiger partial charge in [-0.3, -0.25) is 9.59 Å². The number of rotatable bonds is 5. The molecular weight excluding hydrogens is 336 g/mol. The Balaban J connectivity index is 1.40. The third-order valence-electron chi connectivity index (χ3n) is 6.41. The van der Waals surface area contributed by atoms with E-state index in [0.717, 1.165) is 49.4 Å². The van der Waals surface area contributed by atoms with Crippen molar-refractivity contribution in [3.63, 3.8) is 0 Å². The Labute approximate surface area is 163 Å². The molecule has 0 bridgehead atoms. The van der Waals surface area contributed by atoms with Crippen molar-refractivity contribution >= 4 is 11.8 Å². The Hall–Kier alpha value is -1.84. The minimum Gasteiger partial charge on any atom is -0.353 e. The lowest BCUT2D eigenvalue weighted by Crippen LogP contribution is -2.46. The molecule has 0 unspecified atom stereocenters. The number of aryl methyl sites for hydroxylation is 2. The van der Waals surface area contributed by atoms with Crippen molar-refractivity contribution in [2.75, 3.05) is 13.1 Å². The quantitative estimate of drug-likeness (QED) is 0.836. The van der Waals surface area contributed by atoms with Crippen LogP contribution < -0.4 is 5.32 Å². The van der Waals surface area contributed by atoms with E-state index in [1.165, 1.54) is 37.7 Å². The molecule has 0 aromatic heterocycles. The number of hydrogen-bond acceptors (Lipinski definition) is 2. The fourth-order valence-corrected chi connectivity index (χ4v) is 4.39. The fraction of sp³-hybridized carbons (Fsp3) is 0.652. The average Bonchev–Trinajstić information content (AvgIpc) is 2.69. The van der Waals surface area contributed by atoms with Gasteiger partial charge in [0.15, 0.2) is 0 Å². The number of amides is 2. The second-order valence-corrected chi connectivity index (χ2v) is 8.48. The van der Waals surface area contributed by atoms with Gasteiger partial charge in [0.05, 0.1) is 0 Å². The number of benzene rings is 1. The summed E-state index contributed by atoms with van der Waals surface area (Å²) in [5.74, 6) is 1.06. The minimum absolute atomic E-state index is 0.111. The zero-order chi connectivity index (χ0) is 19.2. The van der Waals surface area contributed by atoms with Crippen LogP contribution in [0.5, 0.6) is 0 Å². The van der Waals surface area contributed by atoms with Gasteiger partial charge in [-0.05, 0) is 62.3 Å². The molecule has 1 N–H and O–H groups in total. The number of nitrogens with zero attached hydrogens (tertiary/aromatic N) is 1. The minimum atomic E-state index is 0.111. The largest absolute Gasteiger partial charge is 0.353 e. The molecule has 2 fully saturated rings. The monoisotopic (exact) mass is 370 g/mol. The highest BCUT2D eigenvalue weighted by Gasteiger charge is 2.25. The van der Waals surface area contributed by atoms with Crippen molar-refractivity contribution < 1.29 is 9.59 Å². The third-order valence-corrected chi connectivity index (χ3v) is 6.41. The maximum Gasteiger partial charge on any atom is 0.253 e. The van der Waals surface area contributed by atoms with E-state index in [1.54, 1.807) is 0 Å². The number of piperidine rings is 1. The van der Waals surface area contributed by atoms with Gasteiger partial charge in [-0.2, -0.15) is 0 Å². The molecule has 1 saturated carbocycles. The molecule has 1 heterocycles. The molecule has 0 radical (unpaired) electrons. The van der Waals surface area contributed by atoms with Gasteiger partial charge in [0.2, 0.25) is 5.91 Å². The fourth-order valence-electron chi connectivity index (χ4n) is 4.39. The van der Waals surface area contributed by atoms with Crippen LogP contribution in [0.2, 0.25) is 0 Å². The summed E-state index contributed by atoms with van der Waals surface area (Å²) in [6.45, 7) is 5.55. The maximum absolute atomic E-state index is 12.7. The molecule has 4 heteroatoms. The first-order valence-corrected chi connectivity index (χ1v) is 10.7. The van der Waals surface area contributed by atoms with E-state index in [0.29, 0.717) is 6.42 Å². The maximum atomic E-state index is 12.7. The third kappa shape index (κ3) is 5.57. The summed E-state index contributed by atoms with van der Waals surface area (Å²) in [5.41, 5.74) is 3.13. The Morgan fingerprint density at radius 3 is 2.37 bits per heavy atom. The molecule has 4 nitrogen and oxygen atoms in total. The molecule has 1 aliphatic heterocycles. The van der Waals surface area contributed by atoms with Crippen LogP contribution in [0, 0.1) is 19.8 Å². The summed E-state index contributed by atoms with van der Waals surface area (Å²) in [7, 11) is 0. The Morgan fingerprint density at radius 2 is 1.70 bits per heavy atom. The van der Waals surface area contributed by atoms with Crippen molar-refractivity contribution in [2.24, 2.45) is 5.92 Å². The van der Waals surface area contributed by atoms with Gasteiger partial charge in [0.25, 0.3) is 5.91 Å². The Bertz CT molecular complexity index is 656. The average molecular weight is 371 g/mol. The van der Waals surface area contributed by atoms with E-state index < -0.39 is 0 Å². The second-order valence-electron chi connectivity index (χ2n) is 8.48. The van der Waals surface area contributed by atoms with Crippen LogP contribution in [0.1, 0.15) is 79.3 Å². The summed E-state index contributed by atoms with van der Waals surface area (Å²) in [6, 6.07) is 6.13. The lowest BCUT2D eigenvalue weighted by molar-refractivity contribution is -0.122. The van der Waals surface area contributed by atoms with E-state index in [-0.39, 0.29) is 17.9 Å². The van der Waals surface area contributed by atoms with Gasteiger partial charge in [0.1, 0.15) is 0 Å². The number of carbonyl (C=O) groups is 2. The zero-order valence-corrected chi connectivity index (χ0v) is 16.9. The van der Waals surface area contributed by atoms with Crippen LogP contribution in [0.15, 0.2) is 18.2 Å². The number of carbonyl (C=O) groups excluding carboxylic acids is 2. The lowest BCUT2D eigenvalue weighted by atomic mass is 9.86. The van der Waals surface area contributed by atoms with Gasteiger partial charge in [-0.25, -0.2) is 0 Å². The smallest absolute Gasteiger partial charge is 0.253 e. The predicted octanol–water partition coefficient (Wildman–Crippen LogP) is 4.38. The van der Waals surface area contributed by atoms with Crippen molar-refractivity contribution in [1.82, 2.24) is 10.2 Å². The standard InChI is InChI=1S/C23H34N2O2/c1-17-8-10-20(16-18(17)2)23(27)25-14-12-21(13-15-25)24-22(26)11-9-19-6-4-3-5-7-19/h8,10,16,19,21H,3-7,9,11-15H2,1-2H3,(H,24,26). The van der Waals surface area contributed by atoms with Crippen LogP contribution in [0.3, 0.4) is 0 Å². The van der Waals surface area contributed by atoms with E-state index in [1.807, 2.05) is 30.0 Å². The molecule has 1 aromatic carbocycles. The molecule has 1 saturated heterocycles. The molecule has 148 valence electrons. The van der Waals surface area contributed by atoms with Crippen LogP contribution in [-0.2, 0) is 4.79 Å². The first-order valence-electron chi connectivity index (χ1n) is 10.7. The molecule has 27 heavy (non-hydrogen) atoms. The highest BCUT2D eigenvalue weighted by atomic mass is 16.2. The molecular formula is C23H34N2O2. The van der Waals surface area contributed by atoms with Gasteiger partial charge >= 0.3 is 0 Å². The summed E-state index contributed by atoms with van der Waals surface area (Å²) in [6.07, 6.45) is 10.0. The van der Waals surface area contributed by atoms with Crippen LogP contribution >= 0.6 is 0 Å². The van der Waals surface area contributed by atoms with Gasteiger partial charge < -0.3 is 10.2 Å². The normalized spacial score (nSPS) is 19.1. The van der Waals surface area contributed by atoms with Crippen molar-refractivity contribution in [3.05, 3.63) is 34.9 Å². The molecule has 2 aliphatic rings. The molecule has 0 atom stereocenters. The SMILES string of the molecule is Cc1ccc(C(=O)N2CCC(NC(=O)CCC3CCCCC3)CC2)cc1C. The summed E-state index contributed by atoms with van der Waals surface area (Å²) >= 11 is 0. The molecule has 1 aliphatic carbocycles. The van der Waals surface area contributed by atoms with Crippen LogP contribution in [-0.4, -0.2) is 35.8 Å². The summed E-state index contributed by atoms with van der Waals surface area (Å²) < 4.78 is 0. The summed E-state index contributed by atoms with van der Waals surface area (Å²) in [4.78, 5) is 26.9. The second kappa shape index (κ2) is 9.38. The lowest BCUT2D eigenvalue weighted by Gasteiger charge is -2.32. The molecule has 3 rings (SSSR count). The highest BCUT2D eigenvalue weighted by Crippen LogP contribution is 2.27. The molecule has 0 spiro atoms. The molecule has 2 amide bonds. The number of hydrogen-bond donors (Lipinski definition) is 1. The van der Waals surface area contributed by atoms with Crippen molar-refractivity contribution in [3.8, 4) is 0 Å². The summed E-state index contributed by atoms with van der Waals surface area (Å²) in [5, 5.41) is 3.20. The topological polar surface area (TPSA) is 49.4 Å². The highest BCUT2D eigenvalue weighted by molar-refractivity contribution is 5.94. The van der Waals surface area contributed by atoms with Crippen molar-refractivity contribution in [1.29, 1.82) is 0 Å². The number of likely N-dealkylation sites (tertiary alicyclic amines) is 1. The predicted molar refractivity (Wildman–Crippen MR) is 109 cm³/mol. The zero-order valence-electron chi connectivity index (χ0n) is 16.9.